The van der Waals surface area contributed by atoms with Crippen LogP contribution in [0.2, 0.25) is 0 Å². The van der Waals surface area contributed by atoms with E-state index >= 15 is 0 Å². The van der Waals surface area contributed by atoms with E-state index in [-0.39, 0.29) is 5.82 Å². The van der Waals surface area contributed by atoms with E-state index in [0.717, 1.165) is 12.3 Å². The van der Waals surface area contributed by atoms with E-state index in [1.165, 1.54) is 6.07 Å². The fraction of sp³-hybridized carbons (Fsp3) is 0.143. The van der Waals surface area contributed by atoms with Gasteiger partial charge in [0.1, 0.15) is 5.75 Å². The van der Waals surface area contributed by atoms with Crippen LogP contribution in [0.15, 0.2) is 23.3 Å². The van der Waals surface area contributed by atoms with E-state index in [9.17, 15) is 13.2 Å². The number of hydrogen-bond donors (Lipinski definition) is 0. The summed E-state index contributed by atoms with van der Waals surface area (Å²) in [6.45, 7) is 0. The average Bonchev–Trinajstić information content (AvgIpc) is 2.06. The first-order valence-corrected chi connectivity index (χ1v) is 3.72. The Hall–Kier alpha value is -1.46. The Morgan fingerprint density at radius 2 is 2.14 bits per heavy atom. The van der Waals surface area contributed by atoms with Crippen LogP contribution in [0.1, 0.15) is 0 Å². The second kappa shape index (κ2) is 4.17. The minimum Gasteiger partial charge on any atom is -0.404 e. The molecule has 0 atom stereocenters. The van der Waals surface area contributed by atoms with Gasteiger partial charge >= 0.3 is 6.36 Å². The first-order chi connectivity index (χ1) is 6.51. The van der Waals surface area contributed by atoms with Crippen molar-refractivity contribution in [2.24, 2.45) is 4.99 Å². The average molecular weight is 220 g/mol. The van der Waals surface area contributed by atoms with Crippen LogP contribution in [0, 0.1) is 0 Å². The molecule has 0 unspecified atom stereocenters. The molecule has 0 radical (unpaired) electrons. The van der Waals surface area contributed by atoms with Gasteiger partial charge in [0.05, 0.1) is 11.4 Å². The predicted molar refractivity (Wildman–Crippen MR) is 45.6 cm³/mol. The molecule has 14 heavy (non-hydrogen) atoms. The van der Waals surface area contributed by atoms with E-state index in [1.54, 1.807) is 0 Å². The second-order valence-electron chi connectivity index (χ2n) is 2.10. The highest BCUT2D eigenvalue weighted by Gasteiger charge is 2.31. The summed E-state index contributed by atoms with van der Waals surface area (Å²) in [6, 6.07) is 2.33. The number of nitrogens with zero attached hydrogens (tertiary/aromatic N) is 2. The van der Waals surface area contributed by atoms with Crippen LogP contribution >= 0.6 is 12.2 Å². The van der Waals surface area contributed by atoms with Gasteiger partial charge in [0.2, 0.25) is 0 Å². The maximum atomic E-state index is 11.7. The third-order valence-corrected chi connectivity index (χ3v) is 1.21. The molecule has 74 valence electrons. The minimum absolute atomic E-state index is 0.175. The zero-order chi connectivity index (χ0) is 10.6. The van der Waals surface area contributed by atoms with Crippen molar-refractivity contribution in [3.63, 3.8) is 0 Å². The van der Waals surface area contributed by atoms with Gasteiger partial charge in [-0.2, -0.15) is 4.99 Å². The van der Waals surface area contributed by atoms with Crippen LogP contribution in [-0.2, 0) is 0 Å². The van der Waals surface area contributed by atoms with Crippen LogP contribution in [0.5, 0.6) is 5.75 Å². The summed E-state index contributed by atoms with van der Waals surface area (Å²) in [4.78, 5) is 6.99. The Bertz CT molecular complexity index is 356. The summed E-state index contributed by atoms with van der Waals surface area (Å²) in [7, 11) is 0. The van der Waals surface area contributed by atoms with Crippen molar-refractivity contribution in [3.05, 3.63) is 18.3 Å². The third-order valence-electron chi connectivity index (χ3n) is 1.11. The maximum absolute atomic E-state index is 11.7. The van der Waals surface area contributed by atoms with Crippen LogP contribution in [-0.4, -0.2) is 16.5 Å². The van der Waals surface area contributed by atoms with E-state index in [2.05, 4.69) is 26.9 Å². The standard InChI is InChI=1S/C7H3F3N2OS/c8-7(9,10)13-5-1-2-6(11-3-5)12-4-14/h1-3H. The van der Waals surface area contributed by atoms with Gasteiger partial charge in [0.15, 0.2) is 5.82 Å². The number of aliphatic imine (C=N–C) groups is 1. The van der Waals surface area contributed by atoms with Gasteiger partial charge in [-0.25, -0.2) is 4.98 Å². The topological polar surface area (TPSA) is 34.5 Å². The number of isothiocyanates is 1. The maximum Gasteiger partial charge on any atom is 0.573 e. The van der Waals surface area contributed by atoms with Crippen molar-refractivity contribution in [2.45, 2.75) is 6.36 Å². The van der Waals surface area contributed by atoms with Gasteiger partial charge in [-0.1, -0.05) is 0 Å². The lowest BCUT2D eigenvalue weighted by molar-refractivity contribution is -0.274. The Morgan fingerprint density at radius 1 is 1.43 bits per heavy atom. The first-order valence-electron chi connectivity index (χ1n) is 3.31. The molecule has 0 N–H and O–H groups in total. The smallest absolute Gasteiger partial charge is 0.404 e. The molecule has 1 aromatic rings. The summed E-state index contributed by atoms with van der Waals surface area (Å²) in [5.74, 6) is -0.227. The van der Waals surface area contributed by atoms with E-state index in [1.807, 2.05) is 5.16 Å². The Balaban J connectivity index is 2.78. The summed E-state index contributed by atoms with van der Waals surface area (Å²) in [6.07, 6.45) is -3.81. The molecule has 1 rings (SSSR count). The zero-order valence-electron chi connectivity index (χ0n) is 6.58. The van der Waals surface area contributed by atoms with Crippen LogP contribution in [0.3, 0.4) is 0 Å². The predicted octanol–water partition coefficient (Wildman–Crippen LogP) is 2.71. The van der Waals surface area contributed by atoms with Crippen LogP contribution in [0.4, 0.5) is 19.0 Å². The van der Waals surface area contributed by atoms with Gasteiger partial charge < -0.3 is 4.74 Å². The summed E-state index contributed by atoms with van der Waals surface area (Å²) < 4.78 is 38.6. The quantitative estimate of drug-likeness (QED) is 0.567. The van der Waals surface area contributed by atoms with Gasteiger partial charge in [-0.3, -0.25) is 0 Å². The van der Waals surface area contributed by atoms with Crippen molar-refractivity contribution in [3.8, 4) is 5.75 Å². The lowest BCUT2D eigenvalue weighted by atomic mass is 10.4. The highest BCUT2D eigenvalue weighted by molar-refractivity contribution is 7.78. The molecule has 0 saturated carbocycles. The SMILES string of the molecule is FC(F)(F)Oc1ccc(N=C=S)nc1. The lowest BCUT2D eigenvalue weighted by Crippen LogP contribution is -2.17. The normalized spacial score (nSPS) is 10.5. The number of hydrogen-bond acceptors (Lipinski definition) is 4. The van der Waals surface area contributed by atoms with E-state index in [0.29, 0.717) is 0 Å². The van der Waals surface area contributed by atoms with Gasteiger partial charge in [0, 0.05) is 0 Å². The van der Waals surface area contributed by atoms with Crippen molar-refractivity contribution >= 4 is 23.2 Å². The largest absolute Gasteiger partial charge is 0.573 e. The fourth-order valence-corrected chi connectivity index (χ4v) is 0.773. The third kappa shape index (κ3) is 3.51. The number of pyridine rings is 1. The minimum atomic E-state index is -4.71. The molecule has 0 aromatic carbocycles. The number of halogens is 3. The van der Waals surface area contributed by atoms with Crippen LogP contribution < -0.4 is 4.74 Å². The first kappa shape index (κ1) is 10.6. The number of thiocarbonyl (C=S) groups is 1. The fourth-order valence-electron chi connectivity index (χ4n) is 0.679. The molecule has 0 saturated heterocycles. The van der Waals surface area contributed by atoms with Crippen molar-refractivity contribution in [2.75, 3.05) is 0 Å². The summed E-state index contributed by atoms with van der Waals surface area (Å²) >= 11 is 4.29. The molecular formula is C7H3F3N2OS. The van der Waals surface area contributed by atoms with E-state index in [4.69, 9.17) is 0 Å². The van der Waals surface area contributed by atoms with Gasteiger partial charge in [0.25, 0.3) is 0 Å². The highest BCUT2D eigenvalue weighted by atomic mass is 32.1. The number of ether oxygens (including phenoxy) is 1. The highest BCUT2D eigenvalue weighted by Crippen LogP contribution is 2.22. The van der Waals surface area contributed by atoms with Gasteiger partial charge in [-0.05, 0) is 24.4 Å². The van der Waals surface area contributed by atoms with Crippen molar-refractivity contribution in [1.29, 1.82) is 0 Å². The molecule has 0 spiro atoms. The molecule has 0 aliphatic carbocycles. The molecule has 0 fully saturated rings. The molecule has 7 heteroatoms. The Morgan fingerprint density at radius 3 is 2.57 bits per heavy atom. The molecule has 0 bridgehead atoms. The van der Waals surface area contributed by atoms with E-state index < -0.39 is 12.1 Å². The summed E-state index contributed by atoms with van der Waals surface area (Å²) in [5, 5.41) is 2.03. The molecular weight excluding hydrogens is 217 g/mol. The monoisotopic (exact) mass is 220 g/mol. The van der Waals surface area contributed by atoms with Crippen molar-refractivity contribution in [1.82, 2.24) is 4.98 Å². The molecule has 1 heterocycles. The lowest BCUT2D eigenvalue weighted by Gasteiger charge is -2.07. The molecule has 3 nitrogen and oxygen atoms in total. The second-order valence-corrected chi connectivity index (χ2v) is 2.29. The number of rotatable bonds is 2. The number of alkyl halides is 3. The van der Waals surface area contributed by atoms with Crippen LogP contribution in [0.25, 0.3) is 0 Å². The Labute approximate surface area is 82.2 Å². The molecule has 0 amide bonds. The molecule has 1 aromatic heterocycles. The van der Waals surface area contributed by atoms with Crippen molar-refractivity contribution < 1.29 is 17.9 Å². The Kier molecular flexibility index (Phi) is 3.16. The van der Waals surface area contributed by atoms with Gasteiger partial charge in [-0.15, -0.1) is 13.2 Å². The summed E-state index contributed by atoms with van der Waals surface area (Å²) in [5.41, 5.74) is 0. The molecule has 0 aliphatic heterocycles. The number of aromatic nitrogens is 1. The zero-order valence-corrected chi connectivity index (χ0v) is 7.39. The molecule has 0 aliphatic rings.